The van der Waals surface area contributed by atoms with Crippen molar-refractivity contribution in [2.75, 3.05) is 6.26 Å². The van der Waals surface area contributed by atoms with Gasteiger partial charge in [-0.2, -0.15) is 5.10 Å². The van der Waals surface area contributed by atoms with E-state index in [0.29, 0.717) is 12.1 Å². The number of hydrogen-bond donors (Lipinski definition) is 1. The highest BCUT2D eigenvalue weighted by Gasteiger charge is 2.26. The molecule has 4 rings (SSSR count). The quantitative estimate of drug-likeness (QED) is 0.702. The second-order valence-corrected chi connectivity index (χ2v) is 9.42. The summed E-state index contributed by atoms with van der Waals surface area (Å²) in [6.07, 6.45) is 5.79. The first-order valence-corrected chi connectivity index (χ1v) is 11.5. The third-order valence-electron chi connectivity index (χ3n) is 5.29. The number of nitrogens with one attached hydrogen (secondary N) is 1. The predicted octanol–water partition coefficient (Wildman–Crippen LogP) is 3.14. The Kier molecular flexibility index (Phi) is 5.24. The number of benzene rings is 2. The summed E-state index contributed by atoms with van der Waals surface area (Å²) in [5.41, 5.74) is 3.86. The van der Waals surface area contributed by atoms with Gasteiger partial charge in [-0.15, -0.1) is 0 Å². The Morgan fingerprint density at radius 2 is 1.86 bits per heavy atom. The first-order valence-electron chi connectivity index (χ1n) is 9.61. The Morgan fingerprint density at radius 3 is 2.55 bits per heavy atom. The molecular weight excluding hydrogens is 386 g/mol. The van der Waals surface area contributed by atoms with Crippen molar-refractivity contribution in [3.8, 4) is 0 Å². The topological polar surface area (TPSA) is 81.1 Å². The maximum atomic E-state index is 12.7. The van der Waals surface area contributed by atoms with E-state index < -0.39 is 9.84 Å². The highest BCUT2D eigenvalue weighted by atomic mass is 32.2. The Labute approximate surface area is 170 Å². The lowest BCUT2D eigenvalue weighted by Crippen LogP contribution is -2.31. The number of hydrogen-bond acceptors (Lipinski definition) is 4. The van der Waals surface area contributed by atoms with E-state index in [0.717, 1.165) is 36.8 Å². The molecule has 1 atom stereocenters. The number of sulfone groups is 1. The molecule has 0 unspecified atom stereocenters. The van der Waals surface area contributed by atoms with Crippen LogP contribution in [0.3, 0.4) is 0 Å². The number of aromatic nitrogens is 2. The average Bonchev–Trinajstić information content (AvgIpc) is 3.12. The largest absolute Gasteiger partial charge is 0.345 e. The zero-order valence-electron chi connectivity index (χ0n) is 16.2. The fraction of sp³-hybridized carbons (Fsp3) is 0.273. The normalized spacial score (nSPS) is 16.2. The van der Waals surface area contributed by atoms with E-state index in [1.165, 1.54) is 17.7 Å². The van der Waals surface area contributed by atoms with Crippen LogP contribution in [0.5, 0.6) is 0 Å². The summed E-state index contributed by atoms with van der Waals surface area (Å²) in [6.45, 7) is 0.712. The van der Waals surface area contributed by atoms with Crippen LogP contribution in [0.25, 0.3) is 0 Å². The molecule has 1 N–H and O–H groups in total. The van der Waals surface area contributed by atoms with E-state index in [4.69, 9.17) is 0 Å². The fourth-order valence-electron chi connectivity index (χ4n) is 3.76. The molecule has 0 saturated heterocycles. The standard InChI is InChI=1S/C22H23N3O3S/c1-29(27,28)18-12-10-17(11-13-18)22(26)24-20-8-5-9-21-19(20)14-23-25(21)15-16-6-3-2-4-7-16/h2-4,6-7,10-14,20H,5,8-9,15H2,1H3,(H,24,26)/t20-/m0/s1. The highest BCUT2D eigenvalue weighted by Crippen LogP contribution is 2.30. The number of amides is 1. The molecule has 0 radical (unpaired) electrons. The molecule has 0 aliphatic heterocycles. The lowest BCUT2D eigenvalue weighted by Gasteiger charge is -2.24. The van der Waals surface area contributed by atoms with Gasteiger partial charge in [-0.25, -0.2) is 8.42 Å². The molecule has 0 spiro atoms. The second-order valence-electron chi connectivity index (χ2n) is 7.40. The summed E-state index contributed by atoms with van der Waals surface area (Å²) in [5.74, 6) is -0.210. The van der Waals surface area contributed by atoms with Crippen molar-refractivity contribution < 1.29 is 13.2 Å². The Morgan fingerprint density at radius 1 is 1.14 bits per heavy atom. The van der Waals surface area contributed by atoms with Gasteiger partial charge in [0.25, 0.3) is 5.91 Å². The molecule has 1 aliphatic rings. The zero-order valence-corrected chi connectivity index (χ0v) is 17.0. The number of carbonyl (C=O) groups is 1. The van der Waals surface area contributed by atoms with E-state index in [-0.39, 0.29) is 16.8 Å². The van der Waals surface area contributed by atoms with Crippen LogP contribution in [-0.2, 0) is 22.8 Å². The number of carbonyl (C=O) groups excluding carboxylic acids is 1. The van der Waals surface area contributed by atoms with Crippen LogP contribution in [0.1, 0.15) is 46.1 Å². The van der Waals surface area contributed by atoms with Gasteiger partial charge in [-0.05, 0) is 49.1 Å². The molecule has 6 nitrogen and oxygen atoms in total. The van der Waals surface area contributed by atoms with Crippen molar-refractivity contribution >= 4 is 15.7 Å². The summed E-state index contributed by atoms with van der Waals surface area (Å²) < 4.78 is 25.2. The first kappa shape index (κ1) is 19.4. The lowest BCUT2D eigenvalue weighted by molar-refractivity contribution is 0.0932. The number of nitrogens with zero attached hydrogens (tertiary/aromatic N) is 2. The molecule has 0 bridgehead atoms. The van der Waals surface area contributed by atoms with Crippen LogP contribution in [-0.4, -0.2) is 30.4 Å². The molecule has 29 heavy (non-hydrogen) atoms. The second kappa shape index (κ2) is 7.83. The first-order chi connectivity index (χ1) is 13.9. The lowest BCUT2D eigenvalue weighted by atomic mass is 9.92. The van der Waals surface area contributed by atoms with Crippen molar-refractivity contribution in [3.63, 3.8) is 0 Å². The van der Waals surface area contributed by atoms with Gasteiger partial charge in [0, 0.05) is 23.1 Å². The molecule has 7 heteroatoms. The van der Waals surface area contributed by atoms with Crippen molar-refractivity contribution in [3.05, 3.63) is 83.2 Å². The van der Waals surface area contributed by atoms with Crippen LogP contribution < -0.4 is 5.32 Å². The molecule has 2 aromatic carbocycles. The summed E-state index contributed by atoms with van der Waals surface area (Å²) in [6, 6.07) is 16.1. The third kappa shape index (κ3) is 4.24. The Bertz CT molecular complexity index is 1120. The van der Waals surface area contributed by atoms with Gasteiger partial charge in [0.05, 0.1) is 23.7 Å². The van der Waals surface area contributed by atoms with Gasteiger partial charge < -0.3 is 5.32 Å². The zero-order chi connectivity index (χ0) is 20.4. The molecule has 0 saturated carbocycles. The number of fused-ring (bicyclic) bond motifs is 1. The fourth-order valence-corrected chi connectivity index (χ4v) is 4.39. The summed E-state index contributed by atoms with van der Waals surface area (Å²) >= 11 is 0. The van der Waals surface area contributed by atoms with Gasteiger partial charge in [0.15, 0.2) is 9.84 Å². The maximum absolute atomic E-state index is 12.7. The Hall–Kier alpha value is -2.93. The van der Waals surface area contributed by atoms with Gasteiger partial charge in [0.2, 0.25) is 0 Å². The average molecular weight is 410 g/mol. The van der Waals surface area contributed by atoms with Gasteiger partial charge in [-0.1, -0.05) is 30.3 Å². The van der Waals surface area contributed by atoms with E-state index in [1.807, 2.05) is 29.1 Å². The van der Waals surface area contributed by atoms with E-state index in [1.54, 1.807) is 12.1 Å². The smallest absolute Gasteiger partial charge is 0.251 e. The minimum atomic E-state index is -3.28. The van der Waals surface area contributed by atoms with Gasteiger partial charge in [-0.3, -0.25) is 9.48 Å². The minimum absolute atomic E-state index is 0.0923. The molecule has 1 aromatic heterocycles. The van der Waals surface area contributed by atoms with Crippen molar-refractivity contribution in [1.82, 2.24) is 15.1 Å². The molecular formula is C22H23N3O3S. The van der Waals surface area contributed by atoms with Crippen LogP contribution in [0.15, 0.2) is 65.7 Å². The predicted molar refractivity (Wildman–Crippen MR) is 110 cm³/mol. The SMILES string of the molecule is CS(=O)(=O)c1ccc(C(=O)N[C@H]2CCCc3c2cnn3Cc2ccccc2)cc1. The molecule has 1 heterocycles. The monoisotopic (exact) mass is 409 g/mol. The molecule has 1 aliphatic carbocycles. The third-order valence-corrected chi connectivity index (χ3v) is 6.42. The minimum Gasteiger partial charge on any atom is -0.345 e. The van der Waals surface area contributed by atoms with Crippen molar-refractivity contribution in [2.24, 2.45) is 0 Å². The Balaban J connectivity index is 1.50. The molecule has 3 aromatic rings. The maximum Gasteiger partial charge on any atom is 0.251 e. The van der Waals surface area contributed by atoms with Crippen LogP contribution in [0, 0.1) is 0 Å². The summed E-state index contributed by atoms with van der Waals surface area (Å²) in [5, 5.41) is 7.65. The summed E-state index contributed by atoms with van der Waals surface area (Å²) in [4.78, 5) is 12.9. The molecule has 150 valence electrons. The van der Waals surface area contributed by atoms with Crippen molar-refractivity contribution in [2.45, 2.75) is 36.7 Å². The van der Waals surface area contributed by atoms with Crippen molar-refractivity contribution in [1.29, 1.82) is 0 Å². The van der Waals surface area contributed by atoms with Crippen LogP contribution >= 0.6 is 0 Å². The van der Waals surface area contributed by atoms with E-state index in [2.05, 4.69) is 22.5 Å². The summed E-state index contributed by atoms with van der Waals surface area (Å²) in [7, 11) is -3.28. The van der Waals surface area contributed by atoms with Crippen LogP contribution in [0.4, 0.5) is 0 Å². The highest BCUT2D eigenvalue weighted by molar-refractivity contribution is 7.90. The van der Waals surface area contributed by atoms with E-state index >= 15 is 0 Å². The molecule has 0 fully saturated rings. The molecule has 1 amide bonds. The van der Waals surface area contributed by atoms with Crippen LogP contribution in [0.2, 0.25) is 0 Å². The number of rotatable bonds is 5. The van der Waals surface area contributed by atoms with Gasteiger partial charge in [0.1, 0.15) is 0 Å². The van der Waals surface area contributed by atoms with E-state index in [9.17, 15) is 13.2 Å². The van der Waals surface area contributed by atoms with Gasteiger partial charge >= 0.3 is 0 Å².